The molecule has 0 unspecified atom stereocenters. The molecule has 1 amide bonds. The van der Waals surface area contributed by atoms with E-state index in [1.165, 1.54) is 0 Å². The topological polar surface area (TPSA) is 89.8 Å². The average Bonchev–Trinajstić information content (AvgIpc) is 3.07. The van der Waals surface area contributed by atoms with Gasteiger partial charge in [0.15, 0.2) is 0 Å². The van der Waals surface area contributed by atoms with Crippen molar-refractivity contribution >= 4 is 23.0 Å². The Hall–Kier alpha value is -3.32. The van der Waals surface area contributed by atoms with Crippen molar-refractivity contribution in [2.24, 2.45) is 0 Å². The van der Waals surface area contributed by atoms with Crippen LogP contribution in [0.25, 0.3) is 10.9 Å². The predicted molar refractivity (Wildman–Crippen MR) is 116 cm³/mol. The molecule has 0 bridgehead atoms. The molecule has 0 saturated carbocycles. The van der Waals surface area contributed by atoms with Crippen molar-refractivity contribution in [3.63, 3.8) is 0 Å². The normalized spacial score (nSPS) is 15.4. The summed E-state index contributed by atoms with van der Waals surface area (Å²) >= 11 is 0. The molecule has 2 N–H and O–H groups in total. The van der Waals surface area contributed by atoms with Gasteiger partial charge in [-0.05, 0) is 36.5 Å². The molecule has 7 heteroatoms. The summed E-state index contributed by atoms with van der Waals surface area (Å²) in [4.78, 5) is 23.5. The van der Waals surface area contributed by atoms with Crippen LogP contribution in [0.2, 0.25) is 0 Å². The summed E-state index contributed by atoms with van der Waals surface area (Å²) in [5.41, 5.74) is 4.16. The number of carbonyl (C=O) groups excluding carboxylic acids is 1. The minimum Gasteiger partial charge on any atom is -0.480 e. The maximum absolute atomic E-state index is 12.2. The van der Waals surface area contributed by atoms with Crippen molar-refractivity contribution < 1.29 is 24.2 Å². The fourth-order valence-electron chi connectivity index (χ4n) is 4.21. The zero-order valence-electron chi connectivity index (χ0n) is 17.3. The molecule has 0 spiro atoms. The highest BCUT2D eigenvalue weighted by atomic mass is 16.6. The molecule has 4 rings (SSSR count). The summed E-state index contributed by atoms with van der Waals surface area (Å²) in [6.45, 7) is 0.949. The van der Waals surface area contributed by atoms with Gasteiger partial charge in [0.2, 0.25) is 0 Å². The van der Waals surface area contributed by atoms with E-state index < -0.39 is 12.1 Å². The molecular weight excluding hydrogens is 396 g/mol. The standard InChI is InChI=1S/C24H26N2O5/c27-23(28)15-26-21-9-5-4-8-19(21)20-14-18(10-11-22(20)26)25-24(29)31-13-12-30-16-17-6-2-1-3-7-17/h1-9,18H,10-16H2,(H,25,29)(H,27,28)/t18-/m1/s1. The third-order valence-corrected chi connectivity index (χ3v) is 5.56. The maximum atomic E-state index is 12.2. The van der Waals surface area contributed by atoms with E-state index in [1.54, 1.807) is 0 Å². The third kappa shape index (κ3) is 5.06. The lowest BCUT2D eigenvalue weighted by molar-refractivity contribution is -0.137. The van der Waals surface area contributed by atoms with Crippen LogP contribution in [0, 0.1) is 0 Å². The molecule has 0 aliphatic heterocycles. The van der Waals surface area contributed by atoms with Crippen molar-refractivity contribution in [1.82, 2.24) is 9.88 Å². The maximum Gasteiger partial charge on any atom is 0.407 e. The fraction of sp³-hybridized carbons (Fsp3) is 0.333. The van der Waals surface area contributed by atoms with E-state index in [1.807, 2.05) is 59.2 Å². The summed E-state index contributed by atoms with van der Waals surface area (Å²) in [6, 6.07) is 17.6. The number of benzene rings is 2. The zero-order chi connectivity index (χ0) is 21.6. The monoisotopic (exact) mass is 422 g/mol. The van der Waals surface area contributed by atoms with Crippen LogP contribution in [0.15, 0.2) is 54.6 Å². The number of carbonyl (C=O) groups is 2. The molecule has 162 valence electrons. The molecule has 1 aliphatic rings. The van der Waals surface area contributed by atoms with Gasteiger partial charge in [-0.3, -0.25) is 4.79 Å². The van der Waals surface area contributed by atoms with E-state index in [4.69, 9.17) is 9.47 Å². The number of alkyl carbamates (subject to hydrolysis) is 1. The number of hydrogen-bond donors (Lipinski definition) is 2. The van der Waals surface area contributed by atoms with Crippen LogP contribution in [0.4, 0.5) is 4.79 Å². The van der Waals surface area contributed by atoms with Gasteiger partial charge in [-0.2, -0.15) is 0 Å². The number of fused-ring (bicyclic) bond motifs is 3. The lowest BCUT2D eigenvalue weighted by atomic mass is 9.91. The summed E-state index contributed by atoms with van der Waals surface area (Å²) in [5, 5.41) is 13.3. The van der Waals surface area contributed by atoms with Crippen LogP contribution >= 0.6 is 0 Å². The SMILES string of the molecule is O=C(O)Cn1c2c(c3ccccc31)C[C@H](NC(=O)OCCOCc1ccccc1)CC2. The Balaban J connectivity index is 1.30. The van der Waals surface area contributed by atoms with E-state index >= 15 is 0 Å². The quantitative estimate of drug-likeness (QED) is 0.542. The molecule has 1 atom stereocenters. The first-order chi connectivity index (χ1) is 15.1. The van der Waals surface area contributed by atoms with Crippen LogP contribution in [-0.4, -0.2) is 41.0 Å². The Bertz CT molecular complexity index is 1060. The Labute approximate surface area is 180 Å². The number of nitrogens with zero attached hydrogens (tertiary/aromatic N) is 1. The first-order valence-corrected chi connectivity index (χ1v) is 10.5. The van der Waals surface area contributed by atoms with E-state index in [2.05, 4.69) is 5.32 Å². The van der Waals surface area contributed by atoms with Crippen LogP contribution in [0.5, 0.6) is 0 Å². The number of aliphatic carboxylic acids is 1. The molecule has 31 heavy (non-hydrogen) atoms. The van der Waals surface area contributed by atoms with E-state index in [0.29, 0.717) is 26.1 Å². The van der Waals surface area contributed by atoms with Crippen molar-refractivity contribution in [2.75, 3.05) is 13.2 Å². The summed E-state index contributed by atoms with van der Waals surface area (Å²) in [7, 11) is 0. The molecular formula is C24H26N2O5. The smallest absolute Gasteiger partial charge is 0.407 e. The Morgan fingerprint density at radius 1 is 1.06 bits per heavy atom. The van der Waals surface area contributed by atoms with Crippen LogP contribution < -0.4 is 5.32 Å². The second kappa shape index (κ2) is 9.66. The van der Waals surface area contributed by atoms with Gasteiger partial charge < -0.3 is 24.5 Å². The summed E-state index contributed by atoms with van der Waals surface area (Å²) in [6.07, 6.45) is 1.65. The molecule has 1 heterocycles. The number of aromatic nitrogens is 1. The average molecular weight is 422 g/mol. The largest absolute Gasteiger partial charge is 0.480 e. The van der Waals surface area contributed by atoms with Crippen molar-refractivity contribution in [3.8, 4) is 0 Å². The number of nitrogens with one attached hydrogen (secondary N) is 1. The zero-order valence-corrected chi connectivity index (χ0v) is 17.3. The molecule has 2 aromatic carbocycles. The molecule has 1 aromatic heterocycles. The number of carboxylic acid groups (broad SMARTS) is 1. The minimum atomic E-state index is -0.859. The molecule has 3 aromatic rings. The number of amides is 1. The predicted octanol–water partition coefficient (Wildman–Crippen LogP) is 3.53. The van der Waals surface area contributed by atoms with Gasteiger partial charge in [0.25, 0.3) is 0 Å². The molecule has 1 aliphatic carbocycles. The van der Waals surface area contributed by atoms with Crippen molar-refractivity contribution in [2.45, 2.75) is 38.5 Å². The van der Waals surface area contributed by atoms with Gasteiger partial charge in [-0.15, -0.1) is 0 Å². The van der Waals surface area contributed by atoms with Crippen LogP contribution in [0.3, 0.4) is 0 Å². The fourth-order valence-corrected chi connectivity index (χ4v) is 4.21. The highest BCUT2D eigenvalue weighted by Crippen LogP contribution is 2.32. The third-order valence-electron chi connectivity index (χ3n) is 5.56. The van der Waals surface area contributed by atoms with Crippen molar-refractivity contribution in [3.05, 3.63) is 71.4 Å². The van der Waals surface area contributed by atoms with Gasteiger partial charge in [0.1, 0.15) is 13.2 Å². The second-order valence-corrected chi connectivity index (χ2v) is 7.68. The molecule has 0 saturated heterocycles. The number of rotatable bonds is 8. The highest BCUT2D eigenvalue weighted by molar-refractivity contribution is 5.87. The number of carboxylic acids is 1. The molecule has 0 radical (unpaired) electrons. The molecule has 0 fully saturated rings. The van der Waals surface area contributed by atoms with Gasteiger partial charge in [0, 0.05) is 22.6 Å². The highest BCUT2D eigenvalue weighted by Gasteiger charge is 2.27. The Morgan fingerprint density at radius 2 is 1.84 bits per heavy atom. The number of para-hydroxylation sites is 1. The van der Waals surface area contributed by atoms with Crippen LogP contribution in [0.1, 0.15) is 23.2 Å². The van der Waals surface area contributed by atoms with Crippen LogP contribution in [-0.2, 0) is 40.3 Å². The lowest BCUT2D eigenvalue weighted by Crippen LogP contribution is -2.39. The Morgan fingerprint density at radius 3 is 2.65 bits per heavy atom. The van der Waals surface area contributed by atoms with Gasteiger partial charge in [-0.25, -0.2) is 4.79 Å². The van der Waals surface area contributed by atoms with E-state index in [0.717, 1.165) is 34.1 Å². The van der Waals surface area contributed by atoms with Gasteiger partial charge in [0.05, 0.1) is 13.2 Å². The lowest BCUT2D eigenvalue weighted by Gasteiger charge is -2.24. The van der Waals surface area contributed by atoms with E-state index in [9.17, 15) is 14.7 Å². The summed E-state index contributed by atoms with van der Waals surface area (Å²) < 4.78 is 12.7. The van der Waals surface area contributed by atoms with Gasteiger partial charge in [-0.1, -0.05) is 48.5 Å². The Kier molecular flexibility index (Phi) is 6.52. The number of hydrogen-bond acceptors (Lipinski definition) is 4. The number of ether oxygens (including phenoxy) is 2. The second-order valence-electron chi connectivity index (χ2n) is 7.68. The van der Waals surface area contributed by atoms with Crippen molar-refractivity contribution in [1.29, 1.82) is 0 Å². The summed E-state index contributed by atoms with van der Waals surface area (Å²) in [5.74, 6) is -0.859. The minimum absolute atomic E-state index is 0.0469. The first kappa shape index (κ1) is 20.9. The molecule has 7 nitrogen and oxygen atoms in total. The first-order valence-electron chi connectivity index (χ1n) is 10.5. The van der Waals surface area contributed by atoms with Gasteiger partial charge >= 0.3 is 12.1 Å². The van der Waals surface area contributed by atoms with E-state index in [-0.39, 0.29) is 19.2 Å².